The van der Waals surface area contributed by atoms with Crippen LogP contribution in [0.25, 0.3) is 0 Å². The maximum Gasteiger partial charge on any atom is 0.217 e. The van der Waals surface area contributed by atoms with Crippen LogP contribution in [0.2, 0.25) is 0 Å². The number of pyridine rings is 1. The van der Waals surface area contributed by atoms with Gasteiger partial charge >= 0.3 is 0 Å². The lowest BCUT2D eigenvalue weighted by atomic mass is 9.95. The number of amides is 1. The summed E-state index contributed by atoms with van der Waals surface area (Å²) in [5.74, 6) is 3.06. The first kappa shape index (κ1) is 22.9. The molecule has 0 spiro atoms. The summed E-state index contributed by atoms with van der Waals surface area (Å²) in [4.78, 5) is 15.7. The molecule has 1 aromatic carbocycles. The van der Waals surface area contributed by atoms with Crippen molar-refractivity contribution in [3.05, 3.63) is 47.8 Å². The van der Waals surface area contributed by atoms with Crippen LogP contribution in [0.1, 0.15) is 58.7 Å². The van der Waals surface area contributed by atoms with Crippen LogP contribution >= 0.6 is 0 Å². The summed E-state index contributed by atoms with van der Waals surface area (Å²) in [6, 6.07) is 9.87. The highest BCUT2D eigenvalue weighted by atomic mass is 16.5. The lowest BCUT2D eigenvalue weighted by Crippen LogP contribution is -2.35. The van der Waals surface area contributed by atoms with Crippen LogP contribution in [-0.4, -0.2) is 30.1 Å². The molecule has 4 rings (SSSR count). The van der Waals surface area contributed by atoms with E-state index >= 15 is 0 Å². The maximum atomic E-state index is 11.1. The van der Waals surface area contributed by atoms with E-state index in [1.165, 1.54) is 19.8 Å². The van der Waals surface area contributed by atoms with Crippen molar-refractivity contribution in [1.82, 2.24) is 10.3 Å². The zero-order chi connectivity index (χ0) is 22.4. The molecule has 2 heterocycles. The minimum Gasteiger partial charge on any atom is -0.493 e. The Balaban J connectivity index is 0.00000132. The van der Waals surface area contributed by atoms with E-state index in [1.54, 1.807) is 6.20 Å². The molecule has 2 aromatic rings. The van der Waals surface area contributed by atoms with Crippen LogP contribution in [0.3, 0.4) is 0 Å². The summed E-state index contributed by atoms with van der Waals surface area (Å²) in [6.45, 7) is 10.6. The van der Waals surface area contributed by atoms with Crippen molar-refractivity contribution in [3.63, 3.8) is 0 Å². The molecule has 0 saturated heterocycles. The number of nitrogens with zero attached hydrogens (tertiary/aromatic N) is 1. The number of hydrogen-bond acceptors (Lipinski definition) is 5. The van der Waals surface area contributed by atoms with Gasteiger partial charge in [0.2, 0.25) is 5.91 Å². The van der Waals surface area contributed by atoms with E-state index in [4.69, 9.17) is 14.2 Å². The van der Waals surface area contributed by atoms with E-state index in [1.807, 2.05) is 45.0 Å². The van der Waals surface area contributed by atoms with Gasteiger partial charge in [0.05, 0.1) is 24.5 Å². The van der Waals surface area contributed by atoms with Gasteiger partial charge in [-0.05, 0) is 56.4 Å². The molecule has 6 heteroatoms. The molecular weight excluding hydrogens is 392 g/mol. The van der Waals surface area contributed by atoms with Gasteiger partial charge in [-0.25, -0.2) is 0 Å². The third kappa shape index (κ3) is 6.12. The van der Waals surface area contributed by atoms with Crippen LogP contribution < -0.4 is 19.5 Å². The first-order valence-corrected chi connectivity index (χ1v) is 11.2. The zero-order valence-electron chi connectivity index (χ0n) is 19.2. The summed E-state index contributed by atoms with van der Waals surface area (Å²) in [6.07, 6.45) is 5.02. The molecular formula is C25H34N2O4. The first-order valence-electron chi connectivity index (χ1n) is 11.2. The molecule has 2 aliphatic rings. The molecule has 1 aliphatic carbocycles. The van der Waals surface area contributed by atoms with E-state index < -0.39 is 5.60 Å². The van der Waals surface area contributed by atoms with Crippen molar-refractivity contribution in [2.45, 2.75) is 65.5 Å². The number of rotatable bonds is 8. The number of benzene rings is 1. The lowest BCUT2D eigenvalue weighted by molar-refractivity contribution is -0.119. The van der Waals surface area contributed by atoms with E-state index in [2.05, 4.69) is 23.3 Å². The number of carbonyl (C=O) groups is 1. The van der Waals surface area contributed by atoms with Gasteiger partial charge in [0.25, 0.3) is 0 Å². The van der Waals surface area contributed by atoms with E-state index in [-0.39, 0.29) is 11.9 Å². The van der Waals surface area contributed by atoms with Gasteiger partial charge in [0, 0.05) is 19.4 Å². The largest absolute Gasteiger partial charge is 0.493 e. The Morgan fingerprint density at radius 3 is 2.61 bits per heavy atom. The molecule has 2 atom stereocenters. The summed E-state index contributed by atoms with van der Waals surface area (Å²) < 4.78 is 17.9. The minimum atomic E-state index is -0.514. The minimum absolute atomic E-state index is 0.0614. The van der Waals surface area contributed by atoms with Gasteiger partial charge < -0.3 is 19.5 Å². The van der Waals surface area contributed by atoms with E-state index in [0.29, 0.717) is 12.4 Å². The fourth-order valence-corrected chi connectivity index (χ4v) is 3.54. The summed E-state index contributed by atoms with van der Waals surface area (Å²) in [5, 5.41) is 2.79. The molecule has 1 amide bonds. The van der Waals surface area contributed by atoms with Crippen LogP contribution in [0, 0.1) is 5.92 Å². The molecule has 0 bridgehead atoms. The average Bonchev–Trinajstić information content (AvgIpc) is 3.52. The van der Waals surface area contributed by atoms with Crippen LogP contribution in [0.4, 0.5) is 0 Å². The summed E-state index contributed by atoms with van der Waals surface area (Å²) >= 11 is 0. The summed E-state index contributed by atoms with van der Waals surface area (Å²) in [7, 11) is 0. The average molecular weight is 427 g/mol. The first-order chi connectivity index (χ1) is 14.9. The molecule has 6 nitrogen and oxygen atoms in total. The van der Waals surface area contributed by atoms with Crippen molar-refractivity contribution < 1.29 is 19.0 Å². The lowest BCUT2D eigenvalue weighted by Gasteiger charge is -2.23. The SMILES string of the molecule is CC.CC(=O)N[C@@H](C)COc1ccc(C2(C)Cc3ccc(OCC4CC4)cc3O2)nc1. The number of aromatic nitrogens is 1. The standard InChI is InChI=1S/C23H28N2O4.C2H6/c1-15(25-16(2)26)13-27-20-8-9-22(24-12-20)23(3)11-18-6-7-19(10-21(18)29-23)28-14-17-4-5-17;1-2/h6-10,12,15,17H,4-5,11,13-14H2,1-3H3,(H,25,26);1-2H3/t15-,23?;/m0./s1. The van der Waals surface area contributed by atoms with Crippen molar-refractivity contribution >= 4 is 5.91 Å². The van der Waals surface area contributed by atoms with E-state index in [0.717, 1.165) is 41.7 Å². The Hall–Kier alpha value is -2.76. The molecule has 1 unspecified atom stereocenters. The Morgan fingerprint density at radius 2 is 1.97 bits per heavy atom. The Bertz CT molecular complexity index is 880. The number of fused-ring (bicyclic) bond motifs is 1. The normalized spacial score (nSPS) is 19.9. The van der Waals surface area contributed by atoms with Crippen molar-refractivity contribution in [2.24, 2.45) is 5.92 Å². The molecule has 0 radical (unpaired) electrons. The second-order valence-electron chi connectivity index (χ2n) is 8.33. The van der Waals surface area contributed by atoms with Crippen molar-refractivity contribution in [3.8, 4) is 17.2 Å². The highest BCUT2D eigenvalue weighted by molar-refractivity contribution is 5.73. The second-order valence-corrected chi connectivity index (χ2v) is 8.33. The molecule has 1 aromatic heterocycles. The number of carbonyl (C=O) groups excluding carboxylic acids is 1. The van der Waals surface area contributed by atoms with Gasteiger partial charge in [-0.3, -0.25) is 9.78 Å². The third-order valence-corrected chi connectivity index (χ3v) is 5.31. The van der Waals surface area contributed by atoms with Gasteiger partial charge in [-0.1, -0.05) is 19.9 Å². The van der Waals surface area contributed by atoms with Crippen molar-refractivity contribution in [2.75, 3.05) is 13.2 Å². The molecule has 31 heavy (non-hydrogen) atoms. The number of ether oxygens (including phenoxy) is 3. The van der Waals surface area contributed by atoms with Gasteiger partial charge in [-0.15, -0.1) is 0 Å². The Morgan fingerprint density at radius 1 is 1.23 bits per heavy atom. The highest BCUT2D eigenvalue weighted by Crippen LogP contribution is 2.42. The fourth-order valence-electron chi connectivity index (χ4n) is 3.54. The second kappa shape index (κ2) is 10.0. The highest BCUT2D eigenvalue weighted by Gasteiger charge is 2.38. The Labute approximate surface area is 185 Å². The summed E-state index contributed by atoms with van der Waals surface area (Å²) in [5.41, 5.74) is 1.51. The maximum absolute atomic E-state index is 11.1. The molecule has 1 N–H and O–H groups in total. The molecule has 1 fully saturated rings. The van der Waals surface area contributed by atoms with Crippen LogP contribution in [0.5, 0.6) is 17.2 Å². The predicted molar refractivity (Wildman–Crippen MR) is 121 cm³/mol. The molecule has 1 saturated carbocycles. The molecule has 1 aliphatic heterocycles. The Kier molecular flexibility index (Phi) is 7.42. The van der Waals surface area contributed by atoms with Crippen LogP contribution in [-0.2, 0) is 16.8 Å². The smallest absolute Gasteiger partial charge is 0.217 e. The predicted octanol–water partition coefficient (Wildman–Crippen LogP) is 4.65. The van der Waals surface area contributed by atoms with Gasteiger partial charge in [0.1, 0.15) is 23.9 Å². The number of hydrogen-bond donors (Lipinski definition) is 1. The van der Waals surface area contributed by atoms with Crippen LogP contribution in [0.15, 0.2) is 36.5 Å². The van der Waals surface area contributed by atoms with Gasteiger partial charge in [0.15, 0.2) is 5.60 Å². The monoisotopic (exact) mass is 426 g/mol. The topological polar surface area (TPSA) is 69.7 Å². The van der Waals surface area contributed by atoms with E-state index in [9.17, 15) is 4.79 Å². The third-order valence-electron chi connectivity index (χ3n) is 5.31. The number of nitrogens with one attached hydrogen (secondary N) is 1. The van der Waals surface area contributed by atoms with Gasteiger partial charge in [-0.2, -0.15) is 0 Å². The molecule has 168 valence electrons. The zero-order valence-corrected chi connectivity index (χ0v) is 19.2. The quantitative estimate of drug-likeness (QED) is 0.665. The fraction of sp³-hybridized carbons (Fsp3) is 0.520. The van der Waals surface area contributed by atoms with Crippen molar-refractivity contribution in [1.29, 1.82) is 0 Å².